The van der Waals surface area contributed by atoms with Crippen LogP contribution in [0.2, 0.25) is 0 Å². The first-order chi connectivity index (χ1) is 9.72. The summed E-state index contributed by atoms with van der Waals surface area (Å²) in [6, 6.07) is 14.2. The van der Waals surface area contributed by atoms with Gasteiger partial charge in [-0.2, -0.15) is 0 Å². The molecule has 102 valence electrons. The van der Waals surface area contributed by atoms with Crippen molar-refractivity contribution in [3.05, 3.63) is 53.6 Å². The molecule has 0 spiro atoms. The van der Waals surface area contributed by atoms with Gasteiger partial charge in [0.1, 0.15) is 11.3 Å². The summed E-state index contributed by atoms with van der Waals surface area (Å²) in [7, 11) is 1.71. The number of hydrogen-bond acceptors (Lipinski definition) is 3. The van der Waals surface area contributed by atoms with Crippen LogP contribution in [-0.4, -0.2) is 22.1 Å². The van der Waals surface area contributed by atoms with Gasteiger partial charge in [-0.25, -0.2) is 4.68 Å². The van der Waals surface area contributed by atoms with Crippen molar-refractivity contribution < 1.29 is 4.74 Å². The summed E-state index contributed by atoms with van der Waals surface area (Å²) in [6.45, 7) is 4.16. The lowest BCUT2D eigenvalue weighted by Crippen LogP contribution is -2.10. The van der Waals surface area contributed by atoms with Crippen molar-refractivity contribution in [2.45, 2.75) is 19.9 Å². The van der Waals surface area contributed by atoms with Gasteiger partial charge in [0.2, 0.25) is 0 Å². The van der Waals surface area contributed by atoms with Crippen molar-refractivity contribution >= 4 is 11.0 Å². The van der Waals surface area contributed by atoms with Gasteiger partial charge < -0.3 is 4.74 Å². The second-order valence-electron chi connectivity index (χ2n) is 4.90. The van der Waals surface area contributed by atoms with Crippen molar-refractivity contribution in [1.29, 1.82) is 0 Å². The van der Waals surface area contributed by atoms with Crippen LogP contribution in [0.25, 0.3) is 11.0 Å². The third-order valence-corrected chi connectivity index (χ3v) is 3.64. The van der Waals surface area contributed by atoms with E-state index in [9.17, 15) is 0 Å². The number of methoxy groups -OCH3 is 1. The average molecular weight is 267 g/mol. The second-order valence-corrected chi connectivity index (χ2v) is 4.90. The fraction of sp³-hybridized carbons (Fsp3) is 0.250. The zero-order valence-corrected chi connectivity index (χ0v) is 11.9. The maximum absolute atomic E-state index is 5.55. The minimum Gasteiger partial charge on any atom is -0.496 e. The number of nitrogens with zero attached hydrogens (tertiary/aromatic N) is 3. The van der Waals surface area contributed by atoms with E-state index < -0.39 is 0 Å². The Morgan fingerprint density at radius 2 is 1.90 bits per heavy atom. The molecule has 1 aromatic heterocycles. The molecule has 2 aromatic carbocycles. The molecule has 20 heavy (non-hydrogen) atoms. The minimum atomic E-state index is 0.0669. The zero-order valence-electron chi connectivity index (χ0n) is 11.9. The van der Waals surface area contributed by atoms with Crippen molar-refractivity contribution in [2.75, 3.05) is 7.11 Å². The lowest BCUT2D eigenvalue weighted by Gasteiger charge is -2.18. The molecule has 0 aliphatic heterocycles. The first-order valence-electron chi connectivity index (χ1n) is 6.66. The third kappa shape index (κ3) is 1.93. The van der Waals surface area contributed by atoms with Gasteiger partial charge in [0.25, 0.3) is 0 Å². The molecule has 0 radical (unpaired) electrons. The fourth-order valence-electron chi connectivity index (χ4n) is 2.59. The molecule has 3 rings (SSSR count). The highest BCUT2D eigenvalue weighted by Gasteiger charge is 2.17. The quantitative estimate of drug-likeness (QED) is 0.730. The molecule has 4 nitrogen and oxygen atoms in total. The van der Waals surface area contributed by atoms with Gasteiger partial charge in [-0.05, 0) is 31.5 Å². The first kappa shape index (κ1) is 12.7. The van der Waals surface area contributed by atoms with Crippen LogP contribution in [0.5, 0.6) is 5.75 Å². The highest BCUT2D eigenvalue weighted by molar-refractivity contribution is 5.74. The van der Waals surface area contributed by atoms with Crippen molar-refractivity contribution in [1.82, 2.24) is 15.0 Å². The lowest BCUT2D eigenvalue weighted by atomic mass is 10.0. The van der Waals surface area contributed by atoms with E-state index in [0.717, 1.165) is 27.9 Å². The first-order valence-corrected chi connectivity index (χ1v) is 6.66. The normalized spacial score (nSPS) is 12.6. The van der Waals surface area contributed by atoms with Crippen LogP contribution in [0.4, 0.5) is 0 Å². The number of benzene rings is 2. The molecular weight excluding hydrogens is 250 g/mol. The Morgan fingerprint density at radius 1 is 1.10 bits per heavy atom. The maximum atomic E-state index is 5.55. The highest BCUT2D eigenvalue weighted by atomic mass is 16.5. The Hall–Kier alpha value is -2.36. The van der Waals surface area contributed by atoms with Gasteiger partial charge in [-0.3, -0.25) is 0 Å². The molecule has 0 aliphatic rings. The van der Waals surface area contributed by atoms with Gasteiger partial charge >= 0.3 is 0 Å². The van der Waals surface area contributed by atoms with Gasteiger partial charge in [-0.15, -0.1) is 5.10 Å². The fourth-order valence-corrected chi connectivity index (χ4v) is 2.59. The predicted octanol–water partition coefficient (Wildman–Crippen LogP) is 3.36. The molecular formula is C16H17N3O. The van der Waals surface area contributed by atoms with E-state index >= 15 is 0 Å². The third-order valence-electron chi connectivity index (χ3n) is 3.64. The molecule has 1 unspecified atom stereocenters. The van der Waals surface area contributed by atoms with Crippen LogP contribution in [0.3, 0.4) is 0 Å². The summed E-state index contributed by atoms with van der Waals surface area (Å²) < 4.78 is 7.48. The molecule has 1 atom stereocenters. The molecule has 0 fully saturated rings. The van der Waals surface area contributed by atoms with Crippen LogP contribution in [0, 0.1) is 6.92 Å². The molecule has 0 N–H and O–H groups in total. The van der Waals surface area contributed by atoms with Gasteiger partial charge in [0.15, 0.2) is 0 Å². The average Bonchev–Trinajstić information content (AvgIpc) is 2.90. The summed E-state index contributed by atoms with van der Waals surface area (Å²) >= 11 is 0. The molecule has 4 heteroatoms. The topological polar surface area (TPSA) is 39.9 Å². The largest absolute Gasteiger partial charge is 0.496 e. The summed E-state index contributed by atoms with van der Waals surface area (Å²) in [6.07, 6.45) is 0. The number of aryl methyl sites for hydroxylation is 1. The smallest absolute Gasteiger partial charge is 0.127 e. The number of rotatable bonds is 3. The SMILES string of the molecule is COc1c(C)cccc1C(C)n1nnc2ccccc21. The Kier molecular flexibility index (Phi) is 3.14. The van der Waals surface area contributed by atoms with E-state index in [4.69, 9.17) is 4.74 Å². The number of aromatic nitrogens is 3. The number of fused-ring (bicyclic) bond motifs is 1. The van der Waals surface area contributed by atoms with Crippen molar-refractivity contribution in [2.24, 2.45) is 0 Å². The standard InChI is InChI=1S/C16H17N3O/c1-11-7-6-8-13(16(11)20-3)12(2)19-15-10-5-4-9-14(15)17-18-19/h4-10,12H,1-3H3. The summed E-state index contributed by atoms with van der Waals surface area (Å²) in [5, 5.41) is 8.50. The number of para-hydroxylation sites is 2. The number of ether oxygens (including phenoxy) is 1. The zero-order chi connectivity index (χ0) is 14.1. The van der Waals surface area contributed by atoms with E-state index in [1.807, 2.05) is 35.0 Å². The Labute approximate surface area is 118 Å². The van der Waals surface area contributed by atoms with Crippen molar-refractivity contribution in [3.8, 4) is 5.75 Å². The van der Waals surface area contributed by atoms with E-state index in [-0.39, 0.29) is 6.04 Å². The lowest BCUT2D eigenvalue weighted by molar-refractivity contribution is 0.398. The van der Waals surface area contributed by atoms with Crippen LogP contribution in [-0.2, 0) is 0 Å². The van der Waals surface area contributed by atoms with Gasteiger partial charge in [-0.1, -0.05) is 35.5 Å². The van der Waals surface area contributed by atoms with Crippen LogP contribution < -0.4 is 4.74 Å². The Morgan fingerprint density at radius 3 is 2.70 bits per heavy atom. The maximum Gasteiger partial charge on any atom is 0.127 e. The van der Waals surface area contributed by atoms with E-state index in [1.54, 1.807) is 7.11 Å². The minimum absolute atomic E-state index is 0.0669. The van der Waals surface area contributed by atoms with E-state index in [0.29, 0.717) is 0 Å². The monoisotopic (exact) mass is 267 g/mol. The highest BCUT2D eigenvalue weighted by Crippen LogP contribution is 2.31. The summed E-state index contributed by atoms with van der Waals surface area (Å²) in [4.78, 5) is 0. The van der Waals surface area contributed by atoms with Crippen LogP contribution in [0.1, 0.15) is 24.1 Å². The number of hydrogen-bond donors (Lipinski definition) is 0. The van der Waals surface area contributed by atoms with Gasteiger partial charge in [0, 0.05) is 5.56 Å². The molecule has 0 bridgehead atoms. The predicted molar refractivity (Wildman–Crippen MR) is 79.1 cm³/mol. The van der Waals surface area contributed by atoms with Crippen LogP contribution in [0.15, 0.2) is 42.5 Å². The molecule has 1 heterocycles. The van der Waals surface area contributed by atoms with E-state index in [1.165, 1.54) is 0 Å². The van der Waals surface area contributed by atoms with E-state index in [2.05, 4.69) is 36.3 Å². The van der Waals surface area contributed by atoms with Crippen LogP contribution >= 0.6 is 0 Å². The summed E-state index contributed by atoms with van der Waals surface area (Å²) in [5.41, 5.74) is 4.18. The van der Waals surface area contributed by atoms with Crippen molar-refractivity contribution in [3.63, 3.8) is 0 Å². The Bertz CT molecular complexity index is 748. The molecule has 0 saturated carbocycles. The molecule has 0 aliphatic carbocycles. The van der Waals surface area contributed by atoms with Gasteiger partial charge in [0.05, 0.1) is 18.7 Å². The molecule has 0 saturated heterocycles. The Balaban J connectivity index is 2.13. The summed E-state index contributed by atoms with van der Waals surface area (Å²) in [5.74, 6) is 0.916. The molecule has 3 aromatic rings. The second kappa shape index (κ2) is 4.96. The molecule has 0 amide bonds.